The first-order valence-electron chi connectivity index (χ1n) is 10.8. The van der Waals surface area contributed by atoms with Gasteiger partial charge in [-0.3, -0.25) is 4.79 Å². The molecule has 0 bridgehead atoms. The fourth-order valence-corrected chi connectivity index (χ4v) is 4.24. The molecule has 1 fully saturated rings. The average molecular weight is 436 g/mol. The highest BCUT2D eigenvalue weighted by Crippen LogP contribution is 2.38. The fourth-order valence-electron chi connectivity index (χ4n) is 4.24. The van der Waals surface area contributed by atoms with Crippen LogP contribution in [0.2, 0.25) is 0 Å². The van der Waals surface area contributed by atoms with Gasteiger partial charge in [-0.1, -0.05) is 12.1 Å². The Kier molecular flexibility index (Phi) is 6.63. The first kappa shape index (κ1) is 21.7. The largest absolute Gasteiger partial charge is 0.493 e. The van der Waals surface area contributed by atoms with Gasteiger partial charge in [0, 0.05) is 25.7 Å². The van der Waals surface area contributed by atoms with Crippen molar-refractivity contribution in [2.24, 2.45) is 5.92 Å². The standard InChI is InChI=1S/C25H29N3O4/c1-30-22-14-19(15-23(31-2)25(22)32-3)8-9-24(29)27-12-10-18(11-13-27)16-28-17-26-20-6-4-5-7-21(20)28/h4-9,14-15,17-18H,10-13,16H2,1-3H3/b9-8+. The molecule has 0 aliphatic carbocycles. The van der Waals surface area contributed by atoms with Crippen LogP contribution >= 0.6 is 0 Å². The zero-order valence-corrected chi connectivity index (χ0v) is 18.8. The second kappa shape index (κ2) is 9.77. The van der Waals surface area contributed by atoms with Crippen LogP contribution in [0.25, 0.3) is 17.1 Å². The summed E-state index contributed by atoms with van der Waals surface area (Å²) in [5.74, 6) is 2.21. The van der Waals surface area contributed by atoms with Gasteiger partial charge >= 0.3 is 0 Å². The van der Waals surface area contributed by atoms with Crippen LogP contribution in [-0.2, 0) is 11.3 Å². The summed E-state index contributed by atoms with van der Waals surface area (Å²) in [6.45, 7) is 2.45. The summed E-state index contributed by atoms with van der Waals surface area (Å²) >= 11 is 0. The van der Waals surface area contributed by atoms with Gasteiger partial charge in [-0.15, -0.1) is 0 Å². The molecule has 1 saturated heterocycles. The number of ether oxygens (including phenoxy) is 3. The van der Waals surface area contributed by atoms with Gasteiger partial charge in [0.15, 0.2) is 11.5 Å². The number of methoxy groups -OCH3 is 3. The lowest BCUT2D eigenvalue weighted by atomic mass is 9.96. The third kappa shape index (κ3) is 4.56. The van der Waals surface area contributed by atoms with Crippen LogP contribution in [0.3, 0.4) is 0 Å². The number of para-hydroxylation sites is 2. The molecule has 7 nitrogen and oxygen atoms in total. The molecule has 0 unspecified atom stereocenters. The normalized spacial score (nSPS) is 14.8. The minimum atomic E-state index is 0.0188. The molecule has 1 aromatic heterocycles. The van der Waals surface area contributed by atoms with Crippen molar-refractivity contribution >= 4 is 23.0 Å². The molecule has 168 valence electrons. The van der Waals surface area contributed by atoms with Crippen molar-refractivity contribution in [3.63, 3.8) is 0 Å². The van der Waals surface area contributed by atoms with E-state index >= 15 is 0 Å². The van der Waals surface area contributed by atoms with E-state index in [1.165, 1.54) is 5.52 Å². The number of carbonyl (C=O) groups excluding carboxylic acids is 1. The van der Waals surface area contributed by atoms with Crippen LogP contribution in [0.4, 0.5) is 0 Å². The molecular formula is C25H29N3O4. The zero-order chi connectivity index (χ0) is 22.5. The number of hydrogen-bond donors (Lipinski definition) is 0. The predicted octanol–water partition coefficient (Wildman–Crippen LogP) is 4.01. The van der Waals surface area contributed by atoms with E-state index < -0.39 is 0 Å². The van der Waals surface area contributed by atoms with Gasteiger partial charge in [-0.25, -0.2) is 4.98 Å². The van der Waals surface area contributed by atoms with E-state index in [1.807, 2.05) is 41.6 Å². The Hall–Kier alpha value is -3.48. The maximum atomic E-state index is 12.7. The highest BCUT2D eigenvalue weighted by atomic mass is 16.5. The molecular weight excluding hydrogens is 406 g/mol. The highest BCUT2D eigenvalue weighted by Gasteiger charge is 2.22. The summed E-state index contributed by atoms with van der Waals surface area (Å²) in [6.07, 6.45) is 7.29. The first-order valence-corrected chi connectivity index (χ1v) is 10.8. The Morgan fingerprint density at radius 3 is 2.41 bits per heavy atom. The quantitative estimate of drug-likeness (QED) is 0.525. The molecule has 3 aromatic rings. The topological polar surface area (TPSA) is 65.8 Å². The van der Waals surface area contributed by atoms with E-state index in [4.69, 9.17) is 14.2 Å². The van der Waals surface area contributed by atoms with Gasteiger partial charge in [-0.05, 0) is 54.7 Å². The number of aromatic nitrogens is 2. The molecule has 0 saturated carbocycles. The number of carbonyl (C=O) groups is 1. The fraction of sp³-hybridized carbons (Fsp3) is 0.360. The van der Waals surface area contributed by atoms with Crippen molar-refractivity contribution in [1.29, 1.82) is 0 Å². The van der Waals surface area contributed by atoms with Gasteiger partial charge in [0.2, 0.25) is 11.7 Å². The SMILES string of the molecule is COc1cc(/C=C/C(=O)N2CCC(Cn3cnc4ccccc43)CC2)cc(OC)c1OC. The molecule has 32 heavy (non-hydrogen) atoms. The summed E-state index contributed by atoms with van der Waals surface area (Å²) in [4.78, 5) is 19.1. The summed E-state index contributed by atoms with van der Waals surface area (Å²) in [6, 6.07) is 11.8. The number of imidazole rings is 1. The predicted molar refractivity (Wildman–Crippen MR) is 124 cm³/mol. The Morgan fingerprint density at radius 2 is 1.75 bits per heavy atom. The molecule has 1 amide bonds. The van der Waals surface area contributed by atoms with E-state index in [-0.39, 0.29) is 5.91 Å². The first-order chi connectivity index (χ1) is 15.6. The molecule has 1 aliphatic heterocycles. The van der Waals surface area contributed by atoms with E-state index in [9.17, 15) is 4.79 Å². The van der Waals surface area contributed by atoms with Crippen molar-refractivity contribution in [2.75, 3.05) is 34.4 Å². The van der Waals surface area contributed by atoms with Gasteiger partial charge in [-0.2, -0.15) is 0 Å². The zero-order valence-electron chi connectivity index (χ0n) is 18.8. The van der Waals surface area contributed by atoms with Crippen molar-refractivity contribution in [3.8, 4) is 17.2 Å². The van der Waals surface area contributed by atoms with Crippen LogP contribution in [0.5, 0.6) is 17.2 Å². The summed E-state index contributed by atoms with van der Waals surface area (Å²) < 4.78 is 18.3. The lowest BCUT2D eigenvalue weighted by molar-refractivity contribution is -0.127. The molecule has 0 radical (unpaired) electrons. The molecule has 0 N–H and O–H groups in total. The van der Waals surface area contributed by atoms with Crippen molar-refractivity contribution in [3.05, 3.63) is 54.4 Å². The molecule has 2 aromatic carbocycles. The lowest BCUT2D eigenvalue weighted by Crippen LogP contribution is -2.38. The number of rotatable bonds is 7. The number of likely N-dealkylation sites (tertiary alicyclic amines) is 1. The second-order valence-electron chi connectivity index (χ2n) is 7.95. The molecule has 7 heteroatoms. The molecule has 0 atom stereocenters. The van der Waals surface area contributed by atoms with Crippen LogP contribution in [-0.4, -0.2) is 54.8 Å². The van der Waals surface area contributed by atoms with E-state index in [0.717, 1.165) is 43.6 Å². The summed E-state index contributed by atoms with van der Waals surface area (Å²) in [5, 5.41) is 0. The molecule has 2 heterocycles. The van der Waals surface area contributed by atoms with Gasteiger partial charge in [0.1, 0.15) is 0 Å². The molecule has 4 rings (SSSR count). The second-order valence-corrected chi connectivity index (χ2v) is 7.95. The number of hydrogen-bond acceptors (Lipinski definition) is 5. The molecule has 0 spiro atoms. The third-order valence-corrected chi connectivity index (χ3v) is 6.01. The van der Waals surface area contributed by atoms with Crippen LogP contribution in [0.15, 0.2) is 48.8 Å². The maximum absolute atomic E-state index is 12.7. The van der Waals surface area contributed by atoms with Crippen molar-refractivity contribution in [1.82, 2.24) is 14.5 Å². The Labute approximate surface area is 188 Å². The maximum Gasteiger partial charge on any atom is 0.246 e. The lowest BCUT2D eigenvalue weighted by Gasteiger charge is -2.31. The van der Waals surface area contributed by atoms with Gasteiger partial charge < -0.3 is 23.7 Å². The monoisotopic (exact) mass is 435 g/mol. The van der Waals surface area contributed by atoms with E-state index in [2.05, 4.69) is 15.6 Å². The van der Waals surface area contributed by atoms with E-state index in [1.54, 1.807) is 33.5 Å². The average Bonchev–Trinajstić information content (AvgIpc) is 3.25. The minimum absolute atomic E-state index is 0.0188. The Bertz CT molecular complexity index is 1090. The summed E-state index contributed by atoms with van der Waals surface area (Å²) in [5.41, 5.74) is 3.01. The number of benzene rings is 2. The van der Waals surface area contributed by atoms with Crippen LogP contribution < -0.4 is 14.2 Å². The Morgan fingerprint density at radius 1 is 1.06 bits per heavy atom. The van der Waals surface area contributed by atoms with Crippen molar-refractivity contribution < 1.29 is 19.0 Å². The smallest absolute Gasteiger partial charge is 0.246 e. The number of amides is 1. The van der Waals surface area contributed by atoms with Crippen molar-refractivity contribution in [2.45, 2.75) is 19.4 Å². The number of nitrogens with zero attached hydrogens (tertiary/aromatic N) is 3. The van der Waals surface area contributed by atoms with Gasteiger partial charge in [0.25, 0.3) is 0 Å². The third-order valence-electron chi connectivity index (χ3n) is 6.01. The summed E-state index contributed by atoms with van der Waals surface area (Å²) in [7, 11) is 4.72. The van der Waals surface area contributed by atoms with Crippen LogP contribution in [0, 0.1) is 5.92 Å². The number of piperidine rings is 1. The Balaban J connectivity index is 1.36. The molecule has 1 aliphatic rings. The van der Waals surface area contributed by atoms with Gasteiger partial charge in [0.05, 0.1) is 38.7 Å². The van der Waals surface area contributed by atoms with E-state index in [0.29, 0.717) is 23.2 Å². The van der Waals surface area contributed by atoms with Crippen LogP contribution in [0.1, 0.15) is 18.4 Å². The minimum Gasteiger partial charge on any atom is -0.493 e. The highest BCUT2D eigenvalue weighted by molar-refractivity contribution is 5.92. The number of fused-ring (bicyclic) bond motifs is 1.